The molecular formula is C17H19N3OS. The molecule has 0 fully saturated rings. The van der Waals surface area contributed by atoms with E-state index in [-0.39, 0.29) is 6.04 Å². The second-order valence-electron chi connectivity index (χ2n) is 5.34. The zero-order valence-electron chi connectivity index (χ0n) is 12.5. The average molecular weight is 313 g/mol. The molecule has 0 saturated heterocycles. The third-order valence-electron chi connectivity index (χ3n) is 3.91. The Bertz CT molecular complexity index is 660. The van der Waals surface area contributed by atoms with Crippen molar-refractivity contribution >= 4 is 23.0 Å². The molecular weight excluding hydrogens is 294 g/mol. The first-order valence-electron chi connectivity index (χ1n) is 7.40. The molecule has 1 heterocycles. The van der Waals surface area contributed by atoms with Crippen LogP contribution in [-0.4, -0.2) is 17.2 Å². The summed E-state index contributed by atoms with van der Waals surface area (Å²) >= 11 is 5.43. The molecule has 2 N–H and O–H groups in total. The summed E-state index contributed by atoms with van der Waals surface area (Å²) in [6.07, 6.45) is 6.81. The Kier molecular flexibility index (Phi) is 4.53. The predicted octanol–water partition coefficient (Wildman–Crippen LogP) is 3.45. The van der Waals surface area contributed by atoms with Crippen molar-refractivity contribution in [3.63, 3.8) is 0 Å². The van der Waals surface area contributed by atoms with Crippen molar-refractivity contribution in [2.45, 2.75) is 25.3 Å². The van der Waals surface area contributed by atoms with E-state index in [0.717, 1.165) is 30.7 Å². The summed E-state index contributed by atoms with van der Waals surface area (Å²) < 4.78 is 5.31. The van der Waals surface area contributed by atoms with Crippen LogP contribution in [0.2, 0.25) is 0 Å². The summed E-state index contributed by atoms with van der Waals surface area (Å²) in [5.41, 5.74) is 3.60. The van der Waals surface area contributed by atoms with Gasteiger partial charge in [0, 0.05) is 18.1 Å². The van der Waals surface area contributed by atoms with Crippen molar-refractivity contribution < 1.29 is 4.74 Å². The van der Waals surface area contributed by atoms with Gasteiger partial charge in [-0.05, 0) is 66.9 Å². The van der Waals surface area contributed by atoms with Gasteiger partial charge in [-0.3, -0.25) is 4.98 Å². The van der Waals surface area contributed by atoms with Crippen LogP contribution in [0.1, 0.15) is 30.0 Å². The molecule has 0 aliphatic heterocycles. The van der Waals surface area contributed by atoms with E-state index in [1.807, 2.05) is 18.2 Å². The molecule has 0 amide bonds. The number of methoxy groups -OCH3 is 1. The maximum absolute atomic E-state index is 5.43. The summed E-state index contributed by atoms with van der Waals surface area (Å²) in [6, 6.07) is 10.3. The summed E-state index contributed by atoms with van der Waals surface area (Å²) in [7, 11) is 1.70. The molecule has 3 rings (SSSR count). The third kappa shape index (κ3) is 3.36. The van der Waals surface area contributed by atoms with Crippen LogP contribution in [0.15, 0.2) is 42.7 Å². The number of nitrogens with zero attached hydrogens (tertiary/aromatic N) is 1. The maximum atomic E-state index is 5.43. The van der Waals surface area contributed by atoms with Gasteiger partial charge < -0.3 is 15.4 Å². The lowest BCUT2D eigenvalue weighted by Crippen LogP contribution is -2.34. The molecule has 0 spiro atoms. The van der Waals surface area contributed by atoms with Crippen LogP contribution in [-0.2, 0) is 6.42 Å². The van der Waals surface area contributed by atoms with E-state index < -0.39 is 0 Å². The Hall–Kier alpha value is -2.14. The Morgan fingerprint density at radius 1 is 1.27 bits per heavy atom. The van der Waals surface area contributed by atoms with Gasteiger partial charge in [0.2, 0.25) is 0 Å². The SMILES string of the molecule is COc1ccc2c(c1)CCCC2NC(=S)Nc1ccncc1. The number of ether oxygens (including phenoxy) is 1. The Balaban J connectivity index is 1.70. The molecule has 5 heteroatoms. The first kappa shape index (κ1) is 14.8. The molecule has 114 valence electrons. The monoisotopic (exact) mass is 313 g/mol. The summed E-state index contributed by atoms with van der Waals surface area (Å²) in [4.78, 5) is 4.00. The number of pyridine rings is 1. The van der Waals surface area contributed by atoms with E-state index >= 15 is 0 Å². The number of fused-ring (bicyclic) bond motifs is 1. The van der Waals surface area contributed by atoms with Crippen LogP contribution >= 0.6 is 12.2 Å². The topological polar surface area (TPSA) is 46.2 Å². The number of anilines is 1. The second-order valence-corrected chi connectivity index (χ2v) is 5.75. The Labute approximate surface area is 135 Å². The van der Waals surface area contributed by atoms with E-state index in [1.165, 1.54) is 11.1 Å². The smallest absolute Gasteiger partial charge is 0.171 e. The van der Waals surface area contributed by atoms with Gasteiger partial charge >= 0.3 is 0 Å². The van der Waals surface area contributed by atoms with E-state index in [4.69, 9.17) is 17.0 Å². The van der Waals surface area contributed by atoms with Gasteiger partial charge in [0.25, 0.3) is 0 Å². The predicted molar refractivity (Wildman–Crippen MR) is 92.3 cm³/mol. The highest BCUT2D eigenvalue weighted by atomic mass is 32.1. The van der Waals surface area contributed by atoms with Crippen LogP contribution in [0, 0.1) is 0 Å². The maximum Gasteiger partial charge on any atom is 0.171 e. The first-order valence-corrected chi connectivity index (χ1v) is 7.81. The minimum Gasteiger partial charge on any atom is -0.497 e. The number of aromatic nitrogens is 1. The molecule has 0 bridgehead atoms. The molecule has 1 unspecified atom stereocenters. The number of hydrogen-bond acceptors (Lipinski definition) is 3. The van der Waals surface area contributed by atoms with Gasteiger partial charge in [0.1, 0.15) is 5.75 Å². The van der Waals surface area contributed by atoms with Gasteiger partial charge in [0.05, 0.1) is 13.2 Å². The van der Waals surface area contributed by atoms with Crippen LogP contribution in [0.4, 0.5) is 5.69 Å². The second kappa shape index (κ2) is 6.75. The summed E-state index contributed by atoms with van der Waals surface area (Å²) in [6.45, 7) is 0. The lowest BCUT2D eigenvalue weighted by atomic mass is 9.87. The van der Waals surface area contributed by atoms with Gasteiger partial charge in [-0.15, -0.1) is 0 Å². The highest BCUT2D eigenvalue weighted by Crippen LogP contribution is 2.32. The fourth-order valence-corrected chi connectivity index (χ4v) is 3.09. The van der Waals surface area contributed by atoms with Crippen LogP contribution < -0.4 is 15.4 Å². The van der Waals surface area contributed by atoms with E-state index in [9.17, 15) is 0 Å². The van der Waals surface area contributed by atoms with Crippen molar-refractivity contribution in [2.24, 2.45) is 0 Å². The highest BCUT2D eigenvalue weighted by molar-refractivity contribution is 7.80. The molecule has 1 aromatic carbocycles. The minimum atomic E-state index is 0.247. The molecule has 22 heavy (non-hydrogen) atoms. The molecule has 1 aliphatic carbocycles. The lowest BCUT2D eigenvalue weighted by Gasteiger charge is -2.28. The largest absolute Gasteiger partial charge is 0.497 e. The summed E-state index contributed by atoms with van der Waals surface area (Å²) in [5.74, 6) is 0.914. The fraction of sp³-hybridized carbons (Fsp3) is 0.294. The van der Waals surface area contributed by atoms with Crippen molar-refractivity contribution in [3.05, 3.63) is 53.9 Å². The van der Waals surface area contributed by atoms with Crippen molar-refractivity contribution in [1.29, 1.82) is 0 Å². The van der Waals surface area contributed by atoms with Gasteiger partial charge in [-0.2, -0.15) is 0 Å². The molecule has 1 aromatic heterocycles. The minimum absolute atomic E-state index is 0.247. The zero-order valence-corrected chi connectivity index (χ0v) is 13.3. The van der Waals surface area contributed by atoms with E-state index in [1.54, 1.807) is 19.5 Å². The average Bonchev–Trinajstić information content (AvgIpc) is 2.55. The lowest BCUT2D eigenvalue weighted by molar-refractivity contribution is 0.412. The Morgan fingerprint density at radius 2 is 2.09 bits per heavy atom. The molecule has 0 radical (unpaired) electrons. The van der Waals surface area contributed by atoms with Crippen LogP contribution in [0.25, 0.3) is 0 Å². The number of rotatable bonds is 3. The number of hydrogen-bond donors (Lipinski definition) is 2. The van der Waals surface area contributed by atoms with Gasteiger partial charge in [-0.25, -0.2) is 0 Å². The third-order valence-corrected chi connectivity index (χ3v) is 4.13. The van der Waals surface area contributed by atoms with E-state index in [0.29, 0.717) is 5.11 Å². The number of benzene rings is 1. The molecule has 2 aromatic rings. The van der Waals surface area contributed by atoms with Crippen molar-refractivity contribution in [2.75, 3.05) is 12.4 Å². The molecule has 1 atom stereocenters. The quantitative estimate of drug-likeness (QED) is 0.850. The highest BCUT2D eigenvalue weighted by Gasteiger charge is 2.21. The number of thiocarbonyl (C=S) groups is 1. The zero-order chi connectivity index (χ0) is 15.4. The molecule has 1 aliphatic rings. The first-order chi connectivity index (χ1) is 10.8. The Morgan fingerprint density at radius 3 is 2.86 bits per heavy atom. The van der Waals surface area contributed by atoms with Crippen LogP contribution in [0.5, 0.6) is 5.75 Å². The number of nitrogens with one attached hydrogen (secondary N) is 2. The summed E-state index contributed by atoms with van der Waals surface area (Å²) in [5, 5.41) is 7.26. The van der Waals surface area contributed by atoms with Crippen LogP contribution in [0.3, 0.4) is 0 Å². The van der Waals surface area contributed by atoms with Gasteiger partial charge in [0.15, 0.2) is 5.11 Å². The fourth-order valence-electron chi connectivity index (χ4n) is 2.83. The van der Waals surface area contributed by atoms with Crippen molar-refractivity contribution in [3.8, 4) is 5.75 Å². The normalized spacial score (nSPS) is 16.5. The van der Waals surface area contributed by atoms with Gasteiger partial charge in [-0.1, -0.05) is 6.07 Å². The number of aryl methyl sites for hydroxylation is 1. The molecule has 4 nitrogen and oxygen atoms in total. The van der Waals surface area contributed by atoms with Crippen molar-refractivity contribution in [1.82, 2.24) is 10.3 Å². The standard InChI is InChI=1S/C17H19N3OS/c1-21-14-5-6-15-12(11-14)3-2-4-16(15)20-17(22)19-13-7-9-18-10-8-13/h5-11,16H,2-4H2,1H3,(H2,18,19,20,22). The van der Waals surface area contributed by atoms with E-state index in [2.05, 4.69) is 27.8 Å². The molecule has 0 saturated carbocycles.